The number of allylic oxidation sites excluding steroid dienone is 3. The highest BCUT2D eigenvalue weighted by atomic mass is 16.5. The molecule has 0 rings (SSSR count). The number of ether oxygens (including phenoxy) is 1. The first-order chi connectivity index (χ1) is 6.10. The summed E-state index contributed by atoms with van der Waals surface area (Å²) in [7, 11) is 0. The van der Waals surface area contributed by atoms with E-state index < -0.39 is 0 Å². The topological polar surface area (TPSA) is 26.3 Å². The Morgan fingerprint density at radius 1 is 1.54 bits per heavy atom. The van der Waals surface area contributed by atoms with E-state index in [1.165, 1.54) is 5.57 Å². The van der Waals surface area contributed by atoms with Crippen molar-refractivity contribution in [2.45, 2.75) is 27.2 Å². The lowest BCUT2D eigenvalue weighted by atomic mass is 10.0. The van der Waals surface area contributed by atoms with Gasteiger partial charge in [0.2, 0.25) is 0 Å². The number of hydrogen-bond donors (Lipinski definition) is 0. The fourth-order valence-corrected chi connectivity index (χ4v) is 1.05. The Hall–Kier alpha value is -1.05. The highest BCUT2D eigenvalue weighted by molar-refractivity contribution is 5.70. The van der Waals surface area contributed by atoms with Crippen LogP contribution in [0.2, 0.25) is 0 Å². The molecule has 0 fully saturated rings. The van der Waals surface area contributed by atoms with E-state index in [9.17, 15) is 4.79 Å². The van der Waals surface area contributed by atoms with Gasteiger partial charge in [0.25, 0.3) is 0 Å². The second-order valence-electron chi connectivity index (χ2n) is 3.15. The van der Waals surface area contributed by atoms with Crippen molar-refractivity contribution in [1.82, 2.24) is 0 Å². The third-order valence-electron chi connectivity index (χ3n) is 1.56. The Balaban J connectivity index is 4.05. The third-order valence-corrected chi connectivity index (χ3v) is 1.56. The van der Waals surface area contributed by atoms with Crippen LogP contribution in [0, 0.1) is 5.92 Å². The van der Waals surface area contributed by atoms with Crippen molar-refractivity contribution in [3.05, 3.63) is 24.3 Å². The van der Waals surface area contributed by atoms with Gasteiger partial charge in [-0.15, -0.1) is 6.58 Å². The van der Waals surface area contributed by atoms with Gasteiger partial charge < -0.3 is 4.74 Å². The van der Waals surface area contributed by atoms with Gasteiger partial charge in [-0.1, -0.05) is 17.7 Å². The van der Waals surface area contributed by atoms with Crippen LogP contribution in [0.1, 0.15) is 27.2 Å². The minimum Gasteiger partial charge on any atom is -0.466 e. The first kappa shape index (κ1) is 11.9. The van der Waals surface area contributed by atoms with Crippen LogP contribution in [0.15, 0.2) is 24.3 Å². The average molecular weight is 182 g/mol. The van der Waals surface area contributed by atoms with Gasteiger partial charge in [0, 0.05) is 5.92 Å². The molecular weight excluding hydrogens is 164 g/mol. The maximum atomic E-state index is 11.1. The molecule has 0 amide bonds. The van der Waals surface area contributed by atoms with Crippen molar-refractivity contribution in [1.29, 1.82) is 0 Å². The molecule has 0 radical (unpaired) electrons. The number of carbonyl (C=O) groups excluding carboxylic acids is 1. The second kappa shape index (κ2) is 6.46. The number of rotatable bonds is 5. The van der Waals surface area contributed by atoms with Crippen molar-refractivity contribution >= 4 is 5.97 Å². The number of hydrogen-bond acceptors (Lipinski definition) is 2. The number of carbonyl (C=O) groups is 1. The molecule has 0 aliphatic rings. The molecule has 74 valence electrons. The van der Waals surface area contributed by atoms with Crippen LogP contribution in [-0.4, -0.2) is 12.6 Å². The maximum Gasteiger partial charge on any atom is 0.306 e. The lowest BCUT2D eigenvalue weighted by Gasteiger charge is -2.07. The lowest BCUT2D eigenvalue weighted by Crippen LogP contribution is -2.08. The van der Waals surface area contributed by atoms with Gasteiger partial charge in [0.1, 0.15) is 0 Å². The van der Waals surface area contributed by atoms with E-state index in [4.69, 9.17) is 4.74 Å². The first-order valence-electron chi connectivity index (χ1n) is 4.53. The summed E-state index contributed by atoms with van der Waals surface area (Å²) in [6, 6.07) is 0. The van der Waals surface area contributed by atoms with Crippen LogP contribution in [0.25, 0.3) is 0 Å². The summed E-state index contributed by atoms with van der Waals surface area (Å²) in [6.45, 7) is 9.93. The zero-order valence-electron chi connectivity index (χ0n) is 8.67. The van der Waals surface area contributed by atoms with Gasteiger partial charge in [0.05, 0.1) is 13.0 Å². The van der Waals surface area contributed by atoms with Crippen LogP contribution in [-0.2, 0) is 9.53 Å². The summed E-state index contributed by atoms with van der Waals surface area (Å²) in [5.41, 5.74) is 1.19. The van der Waals surface area contributed by atoms with Crippen LogP contribution in [0.4, 0.5) is 0 Å². The molecule has 0 bridgehead atoms. The molecule has 0 aromatic rings. The Morgan fingerprint density at radius 2 is 2.15 bits per heavy atom. The van der Waals surface area contributed by atoms with Gasteiger partial charge in [-0.25, -0.2) is 0 Å². The summed E-state index contributed by atoms with van der Waals surface area (Å²) < 4.78 is 4.84. The van der Waals surface area contributed by atoms with Crippen LogP contribution < -0.4 is 0 Å². The Bertz CT molecular complexity index is 200. The molecule has 13 heavy (non-hydrogen) atoms. The quantitative estimate of drug-likeness (QED) is 0.482. The SMILES string of the molecule is C=CC(C=C(C)C)CC(=O)OCC. The molecule has 0 N–H and O–H groups in total. The summed E-state index contributed by atoms with van der Waals surface area (Å²) >= 11 is 0. The van der Waals surface area contributed by atoms with E-state index in [2.05, 4.69) is 6.58 Å². The summed E-state index contributed by atoms with van der Waals surface area (Å²) in [4.78, 5) is 11.1. The molecule has 1 atom stereocenters. The fourth-order valence-electron chi connectivity index (χ4n) is 1.05. The highest BCUT2D eigenvalue weighted by Crippen LogP contribution is 2.10. The van der Waals surface area contributed by atoms with E-state index in [-0.39, 0.29) is 11.9 Å². The minimum absolute atomic E-state index is 0.101. The van der Waals surface area contributed by atoms with Gasteiger partial charge >= 0.3 is 5.97 Å². The predicted molar refractivity (Wildman–Crippen MR) is 54.4 cm³/mol. The molecular formula is C11H18O2. The molecule has 0 aliphatic carbocycles. The highest BCUT2D eigenvalue weighted by Gasteiger charge is 2.08. The van der Waals surface area contributed by atoms with Gasteiger partial charge in [-0.3, -0.25) is 4.79 Å². The van der Waals surface area contributed by atoms with Crippen molar-refractivity contribution in [3.8, 4) is 0 Å². The predicted octanol–water partition coefficient (Wildman–Crippen LogP) is 2.71. The van der Waals surface area contributed by atoms with E-state index in [1.807, 2.05) is 26.8 Å². The van der Waals surface area contributed by atoms with Crippen LogP contribution in [0.5, 0.6) is 0 Å². The van der Waals surface area contributed by atoms with Gasteiger partial charge in [0.15, 0.2) is 0 Å². The molecule has 0 heterocycles. The van der Waals surface area contributed by atoms with E-state index in [1.54, 1.807) is 6.08 Å². The van der Waals surface area contributed by atoms with Crippen LogP contribution in [0.3, 0.4) is 0 Å². The standard InChI is InChI=1S/C11H18O2/c1-5-10(7-9(3)4)8-11(12)13-6-2/h5,7,10H,1,6,8H2,2-4H3. The van der Waals surface area contributed by atoms with Gasteiger partial charge in [-0.05, 0) is 20.8 Å². The fraction of sp³-hybridized carbons (Fsp3) is 0.545. The summed E-state index contributed by atoms with van der Waals surface area (Å²) in [6.07, 6.45) is 4.18. The first-order valence-corrected chi connectivity index (χ1v) is 4.53. The van der Waals surface area contributed by atoms with Crippen molar-refractivity contribution in [2.24, 2.45) is 5.92 Å². The zero-order chi connectivity index (χ0) is 10.3. The monoisotopic (exact) mass is 182 g/mol. The third kappa shape index (κ3) is 6.14. The molecule has 0 saturated heterocycles. The normalized spacial score (nSPS) is 11.6. The van der Waals surface area contributed by atoms with E-state index in [0.29, 0.717) is 13.0 Å². The Labute approximate surface area is 80.3 Å². The molecule has 0 aromatic heterocycles. The molecule has 2 heteroatoms. The smallest absolute Gasteiger partial charge is 0.306 e. The number of esters is 1. The zero-order valence-corrected chi connectivity index (χ0v) is 8.67. The largest absolute Gasteiger partial charge is 0.466 e. The minimum atomic E-state index is -0.162. The van der Waals surface area contributed by atoms with Crippen LogP contribution >= 0.6 is 0 Å². The molecule has 0 spiro atoms. The molecule has 0 aliphatic heterocycles. The molecule has 0 saturated carbocycles. The van der Waals surface area contributed by atoms with Crippen molar-refractivity contribution in [3.63, 3.8) is 0 Å². The molecule has 2 nitrogen and oxygen atoms in total. The molecule has 0 aromatic carbocycles. The summed E-state index contributed by atoms with van der Waals surface area (Å²) in [5.74, 6) is -0.0612. The maximum absolute atomic E-state index is 11.1. The Kier molecular flexibility index (Phi) is 5.94. The van der Waals surface area contributed by atoms with Crippen molar-refractivity contribution < 1.29 is 9.53 Å². The van der Waals surface area contributed by atoms with E-state index in [0.717, 1.165) is 0 Å². The molecule has 1 unspecified atom stereocenters. The lowest BCUT2D eigenvalue weighted by molar-refractivity contribution is -0.143. The van der Waals surface area contributed by atoms with Gasteiger partial charge in [-0.2, -0.15) is 0 Å². The van der Waals surface area contributed by atoms with E-state index >= 15 is 0 Å². The second-order valence-corrected chi connectivity index (χ2v) is 3.15. The summed E-state index contributed by atoms with van der Waals surface area (Å²) in [5, 5.41) is 0. The van der Waals surface area contributed by atoms with Crippen molar-refractivity contribution in [2.75, 3.05) is 6.61 Å². The Morgan fingerprint density at radius 3 is 2.54 bits per heavy atom. The average Bonchev–Trinajstić information content (AvgIpc) is 2.02.